The highest BCUT2D eigenvalue weighted by molar-refractivity contribution is 5.93. The Morgan fingerprint density at radius 3 is 2.79 bits per heavy atom. The predicted molar refractivity (Wildman–Crippen MR) is 75.2 cm³/mol. The van der Waals surface area contributed by atoms with Crippen molar-refractivity contribution in [2.24, 2.45) is 11.3 Å². The number of nitrogens with one attached hydrogen (secondary N) is 1. The highest BCUT2D eigenvalue weighted by atomic mass is 19.1. The number of amides is 1. The van der Waals surface area contributed by atoms with E-state index in [0.29, 0.717) is 5.69 Å². The number of carbonyl (C=O) groups is 1. The molecule has 104 valence electrons. The molecule has 0 heterocycles. The highest BCUT2D eigenvalue weighted by Gasteiger charge is 2.37. The van der Waals surface area contributed by atoms with Crippen LogP contribution in [-0.4, -0.2) is 5.91 Å². The quantitative estimate of drug-likeness (QED) is 0.802. The average Bonchev–Trinajstić information content (AvgIpc) is 2.33. The largest absolute Gasteiger partial charge is 0.396 e. The van der Waals surface area contributed by atoms with Gasteiger partial charge in [0.2, 0.25) is 5.91 Å². The van der Waals surface area contributed by atoms with Crippen LogP contribution in [0.2, 0.25) is 0 Å². The lowest BCUT2D eigenvalue weighted by atomic mass is 9.68. The van der Waals surface area contributed by atoms with E-state index in [1.165, 1.54) is 18.6 Å². The second-order valence-corrected chi connectivity index (χ2v) is 6.01. The van der Waals surface area contributed by atoms with Crippen molar-refractivity contribution in [1.29, 1.82) is 0 Å². The van der Waals surface area contributed by atoms with Gasteiger partial charge in [-0.25, -0.2) is 4.39 Å². The van der Waals surface area contributed by atoms with Crippen LogP contribution in [0.1, 0.15) is 39.5 Å². The summed E-state index contributed by atoms with van der Waals surface area (Å²) in [6.45, 7) is 4.25. The summed E-state index contributed by atoms with van der Waals surface area (Å²) in [5.41, 5.74) is 5.99. The lowest BCUT2D eigenvalue weighted by Gasteiger charge is -2.37. The van der Waals surface area contributed by atoms with Crippen LogP contribution in [0.3, 0.4) is 0 Å². The minimum atomic E-state index is -0.499. The molecule has 1 atom stereocenters. The molecule has 3 N–H and O–H groups in total. The molecular weight excluding hydrogens is 243 g/mol. The molecule has 1 saturated carbocycles. The van der Waals surface area contributed by atoms with E-state index < -0.39 is 5.82 Å². The Labute approximate surface area is 113 Å². The van der Waals surface area contributed by atoms with E-state index >= 15 is 0 Å². The molecule has 1 aliphatic carbocycles. The number of rotatable bonds is 2. The Hall–Kier alpha value is -1.58. The summed E-state index contributed by atoms with van der Waals surface area (Å²) in [5.74, 6) is -0.531. The van der Waals surface area contributed by atoms with Gasteiger partial charge in [0.25, 0.3) is 0 Å². The fourth-order valence-corrected chi connectivity index (χ4v) is 2.81. The molecule has 1 unspecified atom stereocenters. The zero-order valence-electron chi connectivity index (χ0n) is 11.5. The zero-order chi connectivity index (χ0) is 14.0. The van der Waals surface area contributed by atoms with Gasteiger partial charge >= 0.3 is 0 Å². The van der Waals surface area contributed by atoms with Gasteiger partial charge in [-0.2, -0.15) is 0 Å². The molecule has 0 spiro atoms. The fraction of sp³-hybridized carbons (Fsp3) is 0.533. The number of anilines is 2. The van der Waals surface area contributed by atoms with E-state index in [1.807, 2.05) is 0 Å². The van der Waals surface area contributed by atoms with Gasteiger partial charge in [0.1, 0.15) is 5.82 Å². The van der Waals surface area contributed by atoms with Crippen molar-refractivity contribution in [3.05, 3.63) is 24.0 Å². The standard InChI is InChI=1S/C15H21FN2O/c1-15(2)8-4-3-5-11(15)14(19)18-10-6-7-13(17)12(16)9-10/h6-7,9,11H,3-5,8,17H2,1-2H3,(H,18,19). The molecule has 1 aromatic carbocycles. The molecule has 1 aromatic rings. The maximum Gasteiger partial charge on any atom is 0.228 e. The summed E-state index contributed by atoms with van der Waals surface area (Å²) in [5, 5.41) is 2.80. The van der Waals surface area contributed by atoms with Crippen LogP contribution in [-0.2, 0) is 4.79 Å². The fourth-order valence-electron chi connectivity index (χ4n) is 2.81. The monoisotopic (exact) mass is 264 g/mol. The molecule has 19 heavy (non-hydrogen) atoms. The molecule has 2 rings (SSSR count). The minimum absolute atomic E-state index is 0.00862. The van der Waals surface area contributed by atoms with Crippen LogP contribution in [0.25, 0.3) is 0 Å². The van der Waals surface area contributed by atoms with E-state index in [4.69, 9.17) is 5.73 Å². The van der Waals surface area contributed by atoms with E-state index in [-0.39, 0.29) is 22.9 Å². The lowest BCUT2D eigenvalue weighted by Crippen LogP contribution is -2.37. The first-order valence-corrected chi connectivity index (χ1v) is 6.76. The van der Waals surface area contributed by atoms with Gasteiger partial charge in [0.05, 0.1) is 5.69 Å². The molecular formula is C15H21FN2O. The van der Waals surface area contributed by atoms with E-state index in [0.717, 1.165) is 19.3 Å². The Bertz CT molecular complexity index is 485. The van der Waals surface area contributed by atoms with Gasteiger partial charge in [0.15, 0.2) is 0 Å². The Morgan fingerprint density at radius 1 is 1.42 bits per heavy atom. The third-order valence-electron chi connectivity index (χ3n) is 4.09. The molecule has 1 aliphatic rings. The summed E-state index contributed by atoms with van der Waals surface area (Å²) in [7, 11) is 0. The van der Waals surface area contributed by atoms with Crippen LogP contribution in [0, 0.1) is 17.2 Å². The molecule has 0 radical (unpaired) electrons. The number of hydrogen-bond donors (Lipinski definition) is 2. The van der Waals surface area contributed by atoms with Crippen molar-refractivity contribution in [3.8, 4) is 0 Å². The molecule has 3 nitrogen and oxygen atoms in total. The van der Waals surface area contributed by atoms with Crippen LogP contribution in [0.15, 0.2) is 18.2 Å². The molecule has 4 heteroatoms. The predicted octanol–water partition coefficient (Wildman–Crippen LogP) is 3.56. The summed E-state index contributed by atoms with van der Waals surface area (Å²) in [6, 6.07) is 4.37. The van der Waals surface area contributed by atoms with E-state index in [1.54, 1.807) is 6.07 Å². The maximum absolute atomic E-state index is 13.3. The van der Waals surface area contributed by atoms with E-state index in [9.17, 15) is 9.18 Å². The summed E-state index contributed by atoms with van der Waals surface area (Å²) >= 11 is 0. The Balaban J connectivity index is 2.09. The first-order valence-electron chi connectivity index (χ1n) is 6.76. The maximum atomic E-state index is 13.3. The van der Waals surface area contributed by atoms with Crippen LogP contribution in [0.4, 0.5) is 15.8 Å². The smallest absolute Gasteiger partial charge is 0.228 e. The number of carbonyl (C=O) groups excluding carboxylic acids is 1. The number of nitrogens with two attached hydrogens (primary N) is 1. The SMILES string of the molecule is CC1(C)CCCCC1C(=O)Nc1ccc(N)c(F)c1. The Kier molecular flexibility index (Phi) is 3.78. The van der Waals surface area contributed by atoms with Crippen molar-refractivity contribution in [2.45, 2.75) is 39.5 Å². The molecule has 0 bridgehead atoms. The minimum Gasteiger partial charge on any atom is -0.396 e. The first kappa shape index (κ1) is 13.8. The van der Waals surface area contributed by atoms with Gasteiger partial charge in [-0.05, 0) is 36.5 Å². The van der Waals surface area contributed by atoms with Gasteiger partial charge in [-0.15, -0.1) is 0 Å². The highest BCUT2D eigenvalue weighted by Crippen LogP contribution is 2.41. The van der Waals surface area contributed by atoms with Gasteiger partial charge in [-0.1, -0.05) is 26.7 Å². The average molecular weight is 264 g/mol. The van der Waals surface area contributed by atoms with Crippen molar-refractivity contribution in [3.63, 3.8) is 0 Å². The van der Waals surface area contributed by atoms with Gasteiger partial charge in [-0.3, -0.25) is 4.79 Å². The number of benzene rings is 1. The molecule has 0 aliphatic heterocycles. The van der Waals surface area contributed by atoms with Crippen molar-refractivity contribution >= 4 is 17.3 Å². The van der Waals surface area contributed by atoms with Crippen LogP contribution < -0.4 is 11.1 Å². The van der Waals surface area contributed by atoms with Gasteiger partial charge < -0.3 is 11.1 Å². The topological polar surface area (TPSA) is 55.1 Å². The van der Waals surface area contributed by atoms with Crippen molar-refractivity contribution in [1.82, 2.24) is 0 Å². The molecule has 0 aromatic heterocycles. The summed E-state index contributed by atoms with van der Waals surface area (Å²) < 4.78 is 13.3. The lowest BCUT2D eigenvalue weighted by molar-refractivity contribution is -0.124. The number of halogens is 1. The van der Waals surface area contributed by atoms with Crippen LogP contribution in [0.5, 0.6) is 0 Å². The zero-order valence-corrected chi connectivity index (χ0v) is 11.5. The summed E-state index contributed by atoms with van der Waals surface area (Å²) in [4.78, 5) is 12.3. The van der Waals surface area contributed by atoms with Crippen molar-refractivity contribution < 1.29 is 9.18 Å². The van der Waals surface area contributed by atoms with Crippen molar-refractivity contribution in [2.75, 3.05) is 11.1 Å². The number of hydrogen-bond acceptors (Lipinski definition) is 2. The second-order valence-electron chi connectivity index (χ2n) is 6.01. The first-order chi connectivity index (χ1) is 8.90. The van der Waals surface area contributed by atoms with Crippen LogP contribution >= 0.6 is 0 Å². The van der Waals surface area contributed by atoms with Gasteiger partial charge in [0, 0.05) is 11.6 Å². The molecule has 1 fully saturated rings. The third-order valence-corrected chi connectivity index (χ3v) is 4.09. The Morgan fingerprint density at radius 2 is 2.16 bits per heavy atom. The normalized spacial score (nSPS) is 21.9. The third kappa shape index (κ3) is 3.06. The van der Waals surface area contributed by atoms with E-state index in [2.05, 4.69) is 19.2 Å². The number of nitrogen functional groups attached to an aromatic ring is 1. The second kappa shape index (κ2) is 5.19. The molecule has 1 amide bonds. The summed E-state index contributed by atoms with van der Waals surface area (Å²) in [6.07, 6.45) is 4.21. The molecule has 0 saturated heterocycles.